The van der Waals surface area contributed by atoms with Crippen molar-refractivity contribution in [3.8, 4) is 55.8 Å². The molecule has 0 spiro atoms. The Hall–Kier alpha value is -4.10. The molecule has 0 saturated heterocycles. The van der Waals surface area contributed by atoms with Crippen LogP contribution in [0.1, 0.15) is 104 Å². The van der Waals surface area contributed by atoms with Crippen molar-refractivity contribution in [3.63, 3.8) is 0 Å². The molecule has 0 aliphatic rings. The van der Waals surface area contributed by atoms with Gasteiger partial charge in [-0.1, -0.05) is 159 Å². The zero-order valence-electron chi connectivity index (χ0n) is 32.9. The Morgan fingerprint density at radius 2 is 1.19 bits per heavy atom. The fourth-order valence-electron chi connectivity index (χ4n) is 7.41. The average molecular weight is 875 g/mol. The van der Waals surface area contributed by atoms with E-state index in [1.165, 1.54) is 99.7 Å². The summed E-state index contributed by atoms with van der Waals surface area (Å²) in [7, 11) is 0. The van der Waals surface area contributed by atoms with Gasteiger partial charge in [-0.3, -0.25) is 0 Å². The average Bonchev–Trinajstić information content (AvgIpc) is 3.15. The smallest absolute Gasteiger partial charge is 0.0160 e. The predicted octanol–water partition coefficient (Wildman–Crippen LogP) is 14.7. The number of aromatic nitrogens is 1. The molecular weight excluding hydrogens is 819 g/mol. The second-order valence-corrected chi connectivity index (χ2v) is 16.5. The summed E-state index contributed by atoms with van der Waals surface area (Å²) in [5, 5.41) is 0. The van der Waals surface area contributed by atoms with Crippen LogP contribution in [0, 0.1) is 6.07 Å². The van der Waals surface area contributed by atoms with Gasteiger partial charge in [0.25, 0.3) is 0 Å². The molecule has 53 heavy (non-hydrogen) atoms. The molecule has 0 amide bonds. The molecular formula is C51H56IrN-. The molecule has 0 unspecified atom stereocenters. The van der Waals surface area contributed by atoms with E-state index >= 15 is 0 Å². The van der Waals surface area contributed by atoms with E-state index in [0.29, 0.717) is 0 Å². The van der Waals surface area contributed by atoms with Crippen LogP contribution in [0.5, 0.6) is 0 Å². The Morgan fingerprint density at radius 1 is 0.528 bits per heavy atom. The van der Waals surface area contributed by atoms with E-state index in [0.717, 1.165) is 17.7 Å². The maximum absolute atomic E-state index is 4.66. The molecule has 0 atom stereocenters. The minimum absolute atomic E-state index is 0. The van der Waals surface area contributed by atoms with Gasteiger partial charge in [-0.2, -0.15) is 0 Å². The van der Waals surface area contributed by atoms with E-state index in [2.05, 4.69) is 163 Å². The Bertz CT molecular complexity index is 2050. The first kappa shape index (κ1) is 40.1. The van der Waals surface area contributed by atoms with E-state index in [4.69, 9.17) is 0 Å². The molecule has 1 nitrogen and oxygen atoms in total. The van der Waals surface area contributed by atoms with Gasteiger partial charge in [0.15, 0.2) is 0 Å². The van der Waals surface area contributed by atoms with Crippen LogP contribution in [-0.4, -0.2) is 4.98 Å². The van der Waals surface area contributed by atoms with E-state index in [9.17, 15) is 0 Å². The maximum Gasteiger partial charge on any atom is 0.0160 e. The van der Waals surface area contributed by atoms with E-state index in [1.807, 2.05) is 24.4 Å². The van der Waals surface area contributed by atoms with Crippen LogP contribution in [0.3, 0.4) is 0 Å². The Kier molecular flexibility index (Phi) is 13.5. The molecule has 6 rings (SSSR count). The number of unbranched alkanes of at least 4 members (excludes halogenated alkanes) is 5. The molecule has 0 aliphatic carbocycles. The SMILES string of the molecule is CCCCCCCCc1cccc(-c2cc(C(C)(C)C)c(-c3cc(-c4ccccc4)ccc3-c3cc[c-]c(-c4ccccn4)c3)c(C(C)(C)C)c2)c1.[Ir]. The van der Waals surface area contributed by atoms with Crippen molar-refractivity contribution in [3.05, 3.63) is 150 Å². The first-order chi connectivity index (χ1) is 25.0. The van der Waals surface area contributed by atoms with Crippen LogP contribution in [0.15, 0.2) is 128 Å². The third-order valence-corrected chi connectivity index (χ3v) is 10.3. The van der Waals surface area contributed by atoms with Crippen molar-refractivity contribution >= 4 is 0 Å². The number of aryl methyl sites for hydroxylation is 1. The van der Waals surface area contributed by atoms with Crippen LogP contribution in [-0.2, 0) is 37.4 Å². The molecule has 0 bridgehead atoms. The molecule has 6 aromatic rings. The van der Waals surface area contributed by atoms with Gasteiger partial charge in [-0.25, -0.2) is 0 Å². The number of hydrogen-bond donors (Lipinski definition) is 0. The van der Waals surface area contributed by atoms with Gasteiger partial charge in [-0.05, 0) is 109 Å². The van der Waals surface area contributed by atoms with Crippen molar-refractivity contribution in [1.82, 2.24) is 4.98 Å². The van der Waals surface area contributed by atoms with Gasteiger partial charge in [-0.15, -0.1) is 35.4 Å². The molecule has 2 heteroatoms. The van der Waals surface area contributed by atoms with Crippen LogP contribution >= 0.6 is 0 Å². The normalized spacial score (nSPS) is 11.7. The van der Waals surface area contributed by atoms with Gasteiger partial charge in [0.1, 0.15) is 0 Å². The molecule has 0 N–H and O–H groups in total. The van der Waals surface area contributed by atoms with Gasteiger partial charge in [0.05, 0.1) is 0 Å². The molecule has 1 radical (unpaired) electrons. The monoisotopic (exact) mass is 875 g/mol. The number of nitrogens with zero attached hydrogens (tertiary/aromatic N) is 1. The first-order valence-corrected chi connectivity index (χ1v) is 19.4. The summed E-state index contributed by atoms with van der Waals surface area (Å²) in [6.07, 6.45) is 10.9. The van der Waals surface area contributed by atoms with Crippen molar-refractivity contribution < 1.29 is 20.1 Å². The fraction of sp³-hybridized carbons (Fsp3) is 0.314. The molecule has 0 aliphatic heterocycles. The second-order valence-electron chi connectivity index (χ2n) is 16.5. The molecule has 1 heterocycles. The van der Waals surface area contributed by atoms with Gasteiger partial charge < -0.3 is 4.98 Å². The van der Waals surface area contributed by atoms with Gasteiger partial charge in [0.2, 0.25) is 0 Å². The zero-order valence-corrected chi connectivity index (χ0v) is 35.2. The van der Waals surface area contributed by atoms with Crippen LogP contribution in [0.2, 0.25) is 0 Å². The summed E-state index contributed by atoms with van der Waals surface area (Å²) in [5.41, 5.74) is 15.9. The van der Waals surface area contributed by atoms with E-state index in [1.54, 1.807) is 0 Å². The fourth-order valence-corrected chi connectivity index (χ4v) is 7.41. The number of benzene rings is 5. The summed E-state index contributed by atoms with van der Waals surface area (Å²) in [6, 6.07) is 48.2. The van der Waals surface area contributed by atoms with E-state index in [-0.39, 0.29) is 30.9 Å². The van der Waals surface area contributed by atoms with Crippen molar-refractivity contribution in [1.29, 1.82) is 0 Å². The van der Waals surface area contributed by atoms with Crippen molar-refractivity contribution in [2.45, 2.75) is 104 Å². The van der Waals surface area contributed by atoms with Gasteiger partial charge >= 0.3 is 0 Å². The molecule has 1 aromatic heterocycles. The maximum atomic E-state index is 4.66. The Morgan fingerprint density at radius 3 is 1.87 bits per heavy atom. The summed E-state index contributed by atoms with van der Waals surface area (Å²) >= 11 is 0. The summed E-state index contributed by atoms with van der Waals surface area (Å²) < 4.78 is 0. The topological polar surface area (TPSA) is 12.9 Å². The number of hydrogen-bond acceptors (Lipinski definition) is 1. The molecule has 5 aromatic carbocycles. The van der Waals surface area contributed by atoms with Crippen LogP contribution < -0.4 is 0 Å². The number of rotatable bonds is 12. The van der Waals surface area contributed by atoms with Crippen LogP contribution in [0.25, 0.3) is 55.8 Å². The quantitative estimate of drug-likeness (QED) is 0.0882. The predicted molar refractivity (Wildman–Crippen MR) is 225 cm³/mol. The largest absolute Gasteiger partial charge is 0.305 e. The number of pyridine rings is 1. The summed E-state index contributed by atoms with van der Waals surface area (Å²) in [4.78, 5) is 4.66. The molecule has 275 valence electrons. The van der Waals surface area contributed by atoms with E-state index < -0.39 is 0 Å². The van der Waals surface area contributed by atoms with Crippen LogP contribution in [0.4, 0.5) is 0 Å². The molecule has 0 saturated carbocycles. The third-order valence-electron chi connectivity index (χ3n) is 10.3. The third kappa shape index (κ3) is 9.91. The Labute approximate surface area is 333 Å². The first-order valence-electron chi connectivity index (χ1n) is 19.4. The van der Waals surface area contributed by atoms with Crippen molar-refractivity contribution in [2.75, 3.05) is 0 Å². The summed E-state index contributed by atoms with van der Waals surface area (Å²) in [6.45, 7) is 16.5. The minimum Gasteiger partial charge on any atom is -0.305 e. The second kappa shape index (κ2) is 17.8. The zero-order chi connectivity index (χ0) is 36.7. The minimum atomic E-state index is -0.106. The summed E-state index contributed by atoms with van der Waals surface area (Å²) in [5.74, 6) is 0. The van der Waals surface area contributed by atoms with Gasteiger partial charge in [0, 0.05) is 26.3 Å². The van der Waals surface area contributed by atoms with Crippen molar-refractivity contribution in [2.24, 2.45) is 0 Å². The molecule has 0 fully saturated rings. The standard InChI is InChI=1S/C51H56N.Ir/c1-8-9-10-11-12-14-21-37-22-19-25-39(32-37)43-35-46(50(2,3)4)49(47(36-43)51(5,6)7)45-34-40(38-23-15-13-16-24-38)29-30-44(45)41-26-20-27-42(33-41)48-28-17-18-31-52-48;/h13,15-20,22-26,28-36H,8-12,14,21H2,1-7H3;/q-1;. The Balaban J connectivity index is 0.00000541.